The van der Waals surface area contributed by atoms with E-state index >= 15 is 0 Å². The average molecular weight is 399 g/mol. The Balaban J connectivity index is 1.72. The second kappa shape index (κ2) is 7.44. The van der Waals surface area contributed by atoms with Gasteiger partial charge in [-0.2, -0.15) is 0 Å². The van der Waals surface area contributed by atoms with E-state index in [-0.39, 0.29) is 10.6 Å². The monoisotopic (exact) mass is 399 g/mol. The highest BCUT2D eigenvalue weighted by Crippen LogP contribution is 2.24. The van der Waals surface area contributed by atoms with Crippen LogP contribution in [0.4, 0.5) is 5.69 Å². The summed E-state index contributed by atoms with van der Waals surface area (Å²) in [5.74, 6) is 2.54. The van der Waals surface area contributed by atoms with E-state index in [0.717, 1.165) is 34.3 Å². The van der Waals surface area contributed by atoms with Crippen LogP contribution in [0.1, 0.15) is 17.2 Å². The van der Waals surface area contributed by atoms with Crippen LogP contribution < -0.4 is 9.42 Å². The third-order valence-electron chi connectivity index (χ3n) is 5.13. The van der Waals surface area contributed by atoms with Crippen molar-refractivity contribution >= 4 is 5.69 Å². The Morgan fingerprint density at radius 3 is 2.50 bits per heavy atom. The van der Waals surface area contributed by atoms with Gasteiger partial charge in [0.05, 0.1) is 23.5 Å². The number of fused-ring (bicyclic) bond motifs is 3. The van der Waals surface area contributed by atoms with Crippen molar-refractivity contribution < 1.29 is 14.3 Å². The molecule has 1 aliphatic heterocycles. The van der Waals surface area contributed by atoms with Crippen LogP contribution in [0.3, 0.4) is 0 Å². The molecule has 0 unspecified atom stereocenters. The molecule has 1 aliphatic rings. The van der Waals surface area contributed by atoms with Crippen molar-refractivity contribution in [2.45, 2.75) is 12.8 Å². The Labute approximate surface area is 172 Å². The maximum atomic E-state index is 11.1. The molecule has 30 heavy (non-hydrogen) atoms. The molecule has 7 nitrogen and oxygen atoms in total. The molecule has 0 atom stereocenters. The van der Waals surface area contributed by atoms with Gasteiger partial charge in [0.25, 0.3) is 11.5 Å². The van der Waals surface area contributed by atoms with Crippen LogP contribution in [-0.2, 0) is 12.8 Å². The summed E-state index contributed by atoms with van der Waals surface area (Å²) in [6, 6.07) is 24.6. The predicted molar refractivity (Wildman–Crippen MR) is 110 cm³/mol. The van der Waals surface area contributed by atoms with Crippen LogP contribution in [0.25, 0.3) is 11.4 Å². The highest BCUT2D eigenvalue weighted by atomic mass is 16.6. The molecule has 0 saturated carbocycles. The fourth-order valence-electron chi connectivity index (χ4n) is 3.76. The number of nitrogens with zero attached hydrogens (tertiary/aromatic N) is 4. The first-order valence-corrected chi connectivity index (χ1v) is 9.74. The summed E-state index contributed by atoms with van der Waals surface area (Å²) in [5, 5.41) is 11.1. The Kier molecular flexibility index (Phi) is 4.48. The minimum atomic E-state index is -0.390. The van der Waals surface area contributed by atoms with E-state index < -0.39 is 0 Å². The van der Waals surface area contributed by atoms with Gasteiger partial charge in [-0.1, -0.05) is 42.5 Å². The molecule has 148 valence electrons. The first-order valence-electron chi connectivity index (χ1n) is 9.74. The number of rotatable bonds is 4. The van der Waals surface area contributed by atoms with Gasteiger partial charge in [0.15, 0.2) is 11.4 Å². The second-order valence-electron chi connectivity index (χ2n) is 7.07. The van der Waals surface area contributed by atoms with E-state index in [0.29, 0.717) is 19.4 Å². The molecule has 5 rings (SSSR count). The smallest absolute Gasteiger partial charge is 0.328 e. The molecule has 0 aliphatic carbocycles. The third kappa shape index (κ3) is 3.20. The summed E-state index contributed by atoms with van der Waals surface area (Å²) in [4.78, 5) is 15.7. The Bertz CT molecular complexity index is 1220. The molecule has 0 fully saturated rings. The van der Waals surface area contributed by atoms with E-state index in [9.17, 15) is 10.1 Å². The van der Waals surface area contributed by atoms with Crippen molar-refractivity contribution in [1.82, 2.24) is 9.67 Å². The van der Waals surface area contributed by atoms with Crippen molar-refractivity contribution in [3.63, 3.8) is 0 Å². The zero-order valence-electron chi connectivity index (χ0n) is 16.1. The number of benzene rings is 3. The molecular weight excluding hydrogens is 380 g/mol. The summed E-state index contributed by atoms with van der Waals surface area (Å²) >= 11 is 0. The lowest BCUT2D eigenvalue weighted by molar-refractivity contribution is -0.682. The number of nitro benzene ring substituents is 1. The van der Waals surface area contributed by atoms with Gasteiger partial charge in [0.2, 0.25) is 0 Å². The molecule has 2 heterocycles. The van der Waals surface area contributed by atoms with Crippen LogP contribution in [0, 0.1) is 10.1 Å². The van der Waals surface area contributed by atoms with E-state index in [1.807, 2.05) is 47.1 Å². The van der Waals surface area contributed by atoms with Crippen molar-refractivity contribution in [1.29, 1.82) is 0 Å². The van der Waals surface area contributed by atoms with Gasteiger partial charge < -0.3 is 4.74 Å². The van der Waals surface area contributed by atoms with Crippen molar-refractivity contribution in [3.8, 4) is 17.1 Å². The van der Waals surface area contributed by atoms with Gasteiger partial charge >= 0.3 is 5.82 Å². The van der Waals surface area contributed by atoms with Gasteiger partial charge in [-0.3, -0.25) is 10.1 Å². The lowest BCUT2D eigenvalue weighted by atomic mass is 10.1. The minimum Gasteiger partial charge on any atom is -0.488 e. The number of aromatic nitrogens is 3. The maximum Gasteiger partial charge on any atom is 0.328 e. The molecule has 0 amide bonds. The van der Waals surface area contributed by atoms with E-state index in [1.54, 1.807) is 12.1 Å². The average Bonchev–Trinajstić information content (AvgIpc) is 3.02. The molecule has 3 aromatic carbocycles. The normalized spacial score (nSPS) is 12.4. The fraction of sp³-hybridized carbons (Fsp3) is 0.130. The van der Waals surface area contributed by atoms with Gasteiger partial charge in [-0.05, 0) is 34.8 Å². The van der Waals surface area contributed by atoms with Crippen molar-refractivity contribution in [2.75, 3.05) is 6.61 Å². The molecule has 0 bridgehead atoms. The Morgan fingerprint density at radius 1 is 1.00 bits per heavy atom. The lowest BCUT2D eigenvalue weighted by Gasteiger charge is -2.10. The van der Waals surface area contributed by atoms with E-state index in [4.69, 9.17) is 9.72 Å². The number of ether oxygens (including phenoxy) is 1. The van der Waals surface area contributed by atoms with Crippen LogP contribution in [0.2, 0.25) is 0 Å². The summed E-state index contributed by atoms with van der Waals surface area (Å²) < 4.78 is 10.0. The van der Waals surface area contributed by atoms with Crippen LogP contribution in [-0.4, -0.2) is 21.2 Å². The summed E-state index contributed by atoms with van der Waals surface area (Å²) in [7, 11) is 0. The summed E-state index contributed by atoms with van der Waals surface area (Å²) in [6.45, 7) is 0.541. The quantitative estimate of drug-likeness (QED) is 0.299. The van der Waals surface area contributed by atoms with E-state index in [1.165, 1.54) is 12.1 Å². The van der Waals surface area contributed by atoms with Crippen LogP contribution in [0.5, 0.6) is 5.75 Å². The topological polar surface area (TPSA) is 74.1 Å². The first-order chi connectivity index (χ1) is 14.7. The van der Waals surface area contributed by atoms with E-state index in [2.05, 4.69) is 16.8 Å². The molecule has 0 spiro atoms. The highest BCUT2D eigenvalue weighted by molar-refractivity contribution is 5.43. The number of hydrogen-bond donors (Lipinski definition) is 0. The van der Waals surface area contributed by atoms with Crippen molar-refractivity contribution in [2.24, 2.45) is 0 Å². The van der Waals surface area contributed by atoms with Gasteiger partial charge in [0, 0.05) is 12.1 Å². The summed E-state index contributed by atoms with van der Waals surface area (Å²) in [5.41, 5.74) is 2.91. The Morgan fingerprint density at radius 2 is 1.73 bits per heavy atom. The minimum absolute atomic E-state index is 0.0586. The molecule has 4 aromatic rings. The fourth-order valence-corrected chi connectivity index (χ4v) is 3.76. The molecule has 0 radical (unpaired) electrons. The Hall–Kier alpha value is -4.00. The molecular formula is C23H19N4O3+. The zero-order chi connectivity index (χ0) is 20.5. The third-order valence-corrected chi connectivity index (χ3v) is 5.13. The lowest BCUT2D eigenvalue weighted by Crippen LogP contribution is -2.43. The molecule has 0 N–H and O–H groups in total. The number of nitro groups is 1. The maximum absolute atomic E-state index is 11.1. The predicted octanol–water partition coefficient (Wildman–Crippen LogP) is 3.58. The molecule has 7 heteroatoms. The van der Waals surface area contributed by atoms with Crippen molar-refractivity contribution in [3.05, 3.63) is 106 Å². The SMILES string of the molecule is O=[N+]([O-])c1ccc(-n2c(Cc3ccccc3)nc3[n+]2-c2ccccc2OCC3)cc1. The largest absolute Gasteiger partial charge is 0.488 e. The van der Waals surface area contributed by atoms with Gasteiger partial charge in [-0.25, -0.2) is 0 Å². The summed E-state index contributed by atoms with van der Waals surface area (Å²) in [6.07, 6.45) is 1.30. The number of non-ortho nitro benzene ring substituents is 1. The first kappa shape index (κ1) is 18.1. The molecule has 1 aromatic heterocycles. The highest BCUT2D eigenvalue weighted by Gasteiger charge is 2.32. The van der Waals surface area contributed by atoms with Crippen LogP contribution >= 0.6 is 0 Å². The standard InChI is InChI=1S/C23H19N4O3/c28-27(29)19-12-10-18(11-13-19)25-23(16-17-6-2-1-3-7-17)24-22-14-15-30-21-9-5-4-8-20(21)26(22)25/h1-13H,14-16H2/q+1. The molecule has 0 saturated heterocycles. The van der Waals surface area contributed by atoms with Crippen LogP contribution in [0.15, 0.2) is 78.9 Å². The second-order valence-corrected chi connectivity index (χ2v) is 7.07. The zero-order valence-corrected chi connectivity index (χ0v) is 16.1. The van der Waals surface area contributed by atoms with Gasteiger partial charge in [0.1, 0.15) is 6.61 Å². The number of hydrogen-bond acceptors (Lipinski definition) is 4. The number of para-hydroxylation sites is 2. The van der Waals surface area contributed by atoms with Gasteiger partial charge in [-0.15, -0.1) is 9.36 Å².